The van der Waals surface area contributed by atoms with Gasteiger partial charge in [-0.3, -0.25) is 4.90 Å². The van der Waals surface area contributed by atoms with E-state index in [0.29, 0.717) is 6.04 Å². The van der Waals surface area contributed by atoms with Gasteiger partial charge >= 0.3 is 0 Å². The van der Waals surface area contributed by atoms with Crippen molar-refractivity contribution in [1.82, 2.24) is 10.2 Å². The van der Waals surface area contributed by atoms with Crippen molar-refractivity contribution in [2.24, 2.45) is 0 Å². The van der Waals surface area contributed by atoms with Crippen molar-refractivity contribution in [2.45, 2.75) is 70.5 Å². The molecule has 2 fully saturated rings. The Labute approximate surface area is 145 Å². The molecule has 3 atom stereocenters. The summed E-state index contributed by atoms with van der Waals surface area (Å²) in [7, 11) is 0. The van der Waals surface area contributed by atoms with Crippen molar-refractivity contribution in [3.8, 4) is 0 Å². The Kier molecular flexibility index (Phi) is 5.54. The molecule has 2 aliphatic rings. The van der Waals surface area contributed by atoms with E-state index in [2.05, 4.69) is 53.6 Å². The van der Waals surface area contributed by atoms with Crippen LogP contribution in [0.15, 0.2) is 24.3 Å². The lowest BCUT2D eigenvalue weighted by atomic mass is 9.81. The Morgan fingerprint density at radius 3 is 2.65 bits per heavy atom. The standard InChI is InChI=1S/C19H29N3S/c1-3-10-22-17-8-5-9-18(22)13-16(12-17)21-19(23)20-15-7-4-6-14(2)11-15/h4,6-7,11,16-18H,3,5,8-10,12-13H2,1-2H3,(H2,20,21,23)/t16?,17-,18+. The van der Waals surface area contributed by atoms with Gasteiger partial charge < -0.3 is 10.6 Å². The summed E-state index contributed by atoms with van der Waals surface area (Å²) in [4.78, 5) is 2.76. The molecule has 2 aliphatic heterocycles. The first-order chi connectivity index (χ1) is 11.2. The number of piperidine rings is 2. The summed E-state index contributed by atoms with van der Waals surface area (Å²) in [5, 5.41) is 7.68. The largest absolute Gasteiger partial charge is 0.360 e. The van der Waals surface area contributed by atoms with Crippen LogP contribution in [-0.2, 0) is 0 Å². The van der Waals surface area contributed by atoms with Gasteiger partial charge in [0.15, 0.2) is 5.11 Å². The molecule has 0 radical (unpaired) electrons. The average Bonchev–Trinajstić information content (AvgIpc) is 2.48. The average molecular weight is 332 g/mol. The molecule has 2 N–H and O–H groups in total. The molecule has 0 aromatic heterocycles. The number of nitrogens with zero attached hydrogens (tertiary/aromatic N) is 1. The van der Waals surface area contributed by atoms with E-state index in [9.17, 15) is 0 Å². The summed E-state index contributed by atoms with van der Waals surface area (Å²) in [6.45, 7) is 5.65. The minimum Gasteiger partial charge on any atom is -0.360 e. The van der Waals surface area contributed by atoms with Crippen LogP contribution in [0.5, 0.6) is 0 Å². The van der Waals surface area contributed by atoms with Crippen molar-refractivity contribution < 1.29 is 0 Å². The third-order valence-electron chi connectivity index (χ3n) is 5.22. The number of hydrogen-bond donors (Lipinski definition) is 2. The fourth-order valence-electron chi connectivity index (χ4n) is 4.30. The molecule has 23 heavy (non-hydrogen) atoms. The molecule has 1 unspecified atom stereocenters. The minimum absolute atomic E-state index is 0.517. The van der Waals surface area contributed by atoms with Crippen LogP contribution in [0.4, 0.5) is 5.69 Å². The van der Waals surface area contributed by atoms with Gasteiger partial charge in [-0.1, -0.05) is 25.5 Å². The molecule has 2 saturated heterocycles. The smallest absolute Gasteiger partial charge is 0.170 e. The second-order valence-corrected chi connectivity index (χ2v) is 7.52. The van der Waals surface area contributed by atoms with E-state index in [1.54, 1.807) is 0 Å². The van der Waals surface area contributed by atoms with Gasteiger partial charge in [0.05, 0.1) is 0 Å². The van der Waals surface area contributed by atoms with Gasteiger partial charge in [0.25, 0.3) is 0 Å². The zero-order valence-corrected chi connectivity index (χ0v) is 15.2. The minimum atomic E-state index is 0.517. The van der Waals surface area contributed by atoms with Crippen molar-refractivity contribution in [3.05, 3.63) is 29.8 Å². The van der Waals surface area contributed by atoms with Crippen LogP contribution < -0.4 is 10.6 Å². The number of nitrogens with one attached hydrogen (secondary N) is 2. The Morgan fingerprint density at radius 2 is 2.00 bits per heavy atom. The Bertz CT molecular complexity index is 531. The number of rotatable bonds is 4. The molecule has 3 rings (SSSR count). The SMILES string of the molecule is CCCN1[C@@H]2CCC[C@H]1CC(NC(=S)Nc1cccc(C)c1)C2. The zero-order valence-electron chi connectivity index (χ0n) is 14.3. The molecular weight excluding hydrogens is 302 g/mol. The predicted octanol–water partition coefficient (Wildman–Crippen LogP) is 4.08. The predicted molar refractivity (Wildman–Crippen MR) is 102 cm³/mol. The van der Waals surface area contributed by atoms with Gasteiger partial charge in [-0.25, -0.2) is 0 Å². The Hall–Kier alpha value is -1.13. The first-order valence-electron chi connectivity index (χ1n) is 9.05. The van der Waals surface area contributed by atoms with E-state index in [4.69, 9.17) is 12.2 Å². The normalized spacial score (nSPS) is 27.5. The third-order valence-corrected chi connectivity index (χ3v) is 5.44. The van der Waals surface area contributed by atoms with E-state index < -0.39 is 0 Å². The van der Waals surface area contributed by atoms with Crippen LogP contribution in [-0.4, -0.2) is 34.7 Å². The van der Waals surface area contributed by atoms with Crippen LogP contribution >= 0.6 is 12.2 Å². The second-order valence-electron chi connectivity index (χ2n) is 7.11. The highest BCUT2D eigenvalue weighted by Crippen LogP contribution is 2.34. The first kappa shape index (κ1) is 16.7. The summed E-state index contributed by atoms with van der Waals surface area (Å²) in [5.41, 5.74) is 2.33. The number of benzene rings is 1. The maximum atomic E-state index is 5.54. The molecule has 0 saturated carbocycles. The van der Waals surface area contributed by atoms with Gasteiger partial charge in [-0.15, -0.1) is 0 Å². The topological polar surface area (TPSA) is 27.3 Å². The van der Waals surface area contributed by atoms with Crippen molar-refractivity contribution >= 4 is 23.0 Å². The van der Waals surface area contributed by atoms with Crippen molar-refractivity contribution in [3.63, 3.8) is 0 Å². The van der Waals surface area contributed by atoms with Crippen molar-refractivity contribution in [2.75, 3.05) is 11.9 Å². The lowest BCUT2D eigenvalue weighted by molar-refractivity contribution is 0.0284. The Balaban J connectivity index is 1.55. The summed E-state index contributed by atoms with van der Waals surface area (Å²) >= 11 is 5.54. The Morgan fingerprint density at radius 1 is 1.26 bits per heavy atom. The summed E-state index contributed by atoms with van der Waals surface area (Å²) < 4.78 is 0. The first-order valence-corrected chi connectivity index (χ1v) is 9.46. The molecular formula is C19H29N3S. The lowest BCUT2D eigenvalue weighted by Gasteiger charge is -2.49. The number of aryl methyl sites for hydroxylation is 1. The van der Waals surface area contributed by atoms with Crippen molar-refractivity contribution in [1.29, 1.82) is 0 Å². The van der Waals surface area contributed by atoms with Crippen LogP contribution in [0.3, 0.4) is 0 Å². The fraction of sp³-hybridized carbons (Fsp3) is 0.632. The zero-order chi connectivity index (χ0) is 16.2. The third kappa shape index (κ3) is 4.24. The van der Waals surface area contributed by atoms with Crippen LogP contribution in [0.25, 0.3) is 0 Å². The molecule has 0 spiro atoms. The van der Waals surface area contributed by atoms with Gasteiger partial charge in [-0.2, -0.15) is 0 Å². The van der Waals surface area contributed by atoms with Gasteiger partial charge in [0, 0.05) is 23.8 Å². The van der Waals surface area contributed by atoms with E-state index in [1.807, 2.05) is 0 Å². The van der Waals surface area contributed by atoms with E-state index in [1.165, 1.54) is 50.6 Å². The van der Waals surface area contributed by atoms with E-state index in [-0.39, 0.29) is 0 Å². The molecule has 3 nitrogen and oxygen atoms in total. The molecule has 0 amide bonds. The van der Waals surface area contributed by atoms with Gasteiger partial charge in [0.1, 0.15) is 0 Å². The highest BCUT2D eigenvalue weighted by atomic mass is 32.1. The number of hydrogen-bond acceptors (Lipinski definition) is 2. The summed E-state index contributed by atoms with van der Waals surface area (Å²) in [6, 6.07) is 10.4. The molecule has 126 valence electrons. The van der Waals surface area contributed by atoms with Crippen LogP contribution in [0.2, 0.25) is 0 Å². The molecule has 1 aromatic rings. The quantitative estimate of drug-likeness (QED) is 0.813. The van der Waals surface area contributed by atoms with Gasteiger partial charge in [0.2, 0.25) is 0 Å². The highest BCUT2D eigenvalue weighted by Gasteiger charge is 2.37. The van der Waals surface area contributed by atoms with Crippen LogP contribution in [0.1, 0.15) is 51.0 Å². The number of thiocarbonyl (C=S) groups is 1. The van der Waals surface area contributed by atoms with Crippen LogP contribution in [0, 0.1) is 6.92 Å². The van der Waals surface area contributed by atoms with Gasteiger partial charge in [-0.05, 0) is 75.5 Å². The number of anilines is 1. The summed E-state index contributed by atoms with van der Waals surface area (Å²) in [5.74, 6) is 0. The molecule has 4 heteroatoms. The molecule has 2 heterocycles. The summed E-state index contributed by atoms with van der Waals surface area (Å²) in [6.07, 6.45) is 7.82. The van der Waals surface area contributed by atoms with E-state index in [0.717, 1.165) is 22.9 Å². The molecule has 2 bridgehead atoms. The lowest BCUT2D eigenvalue weighted by Crippen LogP contribution is -2.57. The number of fused-ring (bicyclic) bond motifs is 2. The van der Waals surface area contributed by atoms with E-state index >= 15 is 0 Å². The molecule has 0 aliphatic carbocycles. The maximum Gasteiger partial charge on any atom is 0.170 e. The fourth-order valence-corrected chi connectivity index (χ4v) is 4.58. The maximum absolute atomic E-state index is 5.54. The highest BCUT2D eigenvalue weighted by molar-refractivity contribution is 7.80. The monoisotopic (exact) mass is 331 g/mol. The molecule has 1 aromatic carbocycles. The second kappa shape index (κ2) is 7.63.